The smallest absolute Gasteiger partial charge is 0.0707 e. The van der Waals surface area contributed by atoms with Crippen molar-refractivity contribution in [3.63, 3.8) is 0 Å². The Kier molecular flexibility index (Phi) is 5.42. The third kappa shape index (κ3) is 3.92. The molecular formula is C14H28N2O2. The van der Waals surface area contributed by atoms with Crippen LogP contribution in [-0.2, 0) is 9.47 Å². The van der Waals surface area contributed by atoms with Crippen molar-refractivity contribution >= 4 is 0 Å². The first-order valence-corrected chi connectivity index (χ1v) is 7.40. The van der Waals surface area contributed by atoms with E-state index in [0.717, 1.165) is 32.8 Å². The maximum absolute atomic E-state index is 6.10. The SMILES string of the molecule is CCNCC1CCC(CN2CC(C)OCC2C)O1. The van der Waals surface area contributed by atoms with Crippen molar-refractivity contribution < 1.29 is 9.47 Å². The zero-order valence-corrected chi connectivity index (χ0v) is 12.0. The highest BCUT2D eigenvalue weighted by Crippen LogP contribution is 2.22. The maximum Gasteiger partial charge on any atom is 0.0707 e. The molecule has 0 aliphatic carbocycles. The second-order valence-electron chi connectivity index (χ2n) is 5.71. The minimum absolute atomic E-state index is 0.361. The molecule has 0 amide bonds. The molecule has 2 aliphatic heterocycles. The number of nitrogens with zero attached hydrogens (tertiary/aromatic N) is 1. The lowest BCUT2D eigenvalue weighted by Gasteiger charge is -2.38. The summed E-state index contributed by atoms with van der Waals surface area (Å²) in [6.07, 6.45) is 3.60. The molecular weight excluding hydrogens is 228 g/mol. The van der Waals surface area contributed by atoms with Crippen molar-refractivity contribution in [2.45, 2.75) is 58.0 Å². The fourth-order valence-corrected chi connectivity index (χ4v) is 2.86. The Hall–Kier alpha value is -0.160. The molecule has 0 bridgehead atoms. The Bertz CT molecular complexity index is 250. The average molecular weight is 256 g/mol. The van der Waals surface area contributed by atoms with Crippen LogP contribution in [0, 0.1) is 0 Å². The van der Waals surface area contributed by atoms with Crippen LogP contribution in [0.2, 0.25) is 0 Å². The summed E-state index contributed by atoms with van der Waals surface area (Å²) in [5.74, 6) is 0. The third-order valence-corrected chi connectivity index (χ3v) is 3.99. The predicted octanol–water partition coefficient (Wildman–Crippen LogP) is 1.25. The number of nitrogens with one attached hydrogen (secondary N) is 1. The molecule has 0 saturated carbocycles. The van der Waals surface area contributed by atoms with E-state index in [1.807, 2.05) is 0 Å². The second-order valence-corrected chi connectivity index (χ2v) is 5.71. The van der Waals surface area contributed by atoms with Crippen molar-refractivity contribution in [1.29, 1.82) is 0 Å². The van der Waals surface area contributed by atoms with Crippen molar-refractivity contribution in [3.05, 3.63) is 0 Å². The summed E-state index contributed by atoms with van der Waals surface area (Å²) in [4.78, 5) is 2.52. The van der Waals surface area contributed by atoms with Crippen LogP contribution in [0.1, 0.15) is 33.6 Å². The molecule has 2 fully saturated rings. The van der Waals surface area contributed by atoms with Gasteiger partial charge in [0.15, 0.2) is 0 Å². The van der Waals surface area contributed by atoms with E-state index in [1.54, 1.807) is 0 Å². The molecule has 2 heterocycles. The summed E-state index contributed by atoms with van der Waals surface area (Å²) in [6.45, 7) is 11.5. The van der Waals surface area contributed by atoms with Crippen LogP contribution in [-0.4, -0.2) is 62.0 Å². The van der Waals surface area contributed by atoms with Crippen molar-refractivity contribution in [2.24, 2.45) is 0 Å². The van der Waals surface area contributed by atoms with Gasteiger partial charge >= 0.3 is 0 Å². The van der Waals surface area contributed by atoms with Crippen molar-refractivity contribution in [2.75, 3.05) is 32.8 Å². The Morgan fingerprint density at radius 2 is 2.00 bits per heavy atom. The summed E-state index contributed by atoms with van der Waals surface area (Å²) in [5, 5.41) is 3.37. The summed E-state index contributed by atoms with van der Waals surface area (Å²) < 4.78 is 11.8. The first-order valence-electron chi connectivity index (χ1n) is 7.40. The number of hydrogen-bond donors (Lipinski definition) is 1. The Morgan fingerprint density at radius 3 is 2.78 bits per heavy atom. The molecule has 2 aliphatic rings. The van der Waals surface area contributed by atoms with Gasteiger partial charge in [0.05, 0.1) is 24.9 Å². The minimum atomic E-state index is 0.361. The highest BCUT2D eigenvalue weighted by molar-refractivity contribution is 4.82. The quantitative estimate of drug-likeness (QED) is 0.803. The molecule has 2 saturated heterocycles. The number of ether oxygens (including phenoxy) is 2. The van der Waals surface area contributed by atoms with Gasteiger partial charge in [0.1, 0.15) is 0 Å². The number of hydrogen-bond acceptors (Lipinski definition) is 4. The summed E-state index contributed by atoms with van der Waals surface area (Å²) >= 11 is 0. The standard InChI is InChI=1S/C14H28N2O2/c1-4-15-7-13-5-6-14(18-13)9-16-8-12(3)17-10-11(16)2/h11-15H,4-10H2,1-3H3. The van der Waals surface area contributed by atoms with Gasteiger partial charge in [-0.2, -0.15) is 0 Å². The fraction of sp³-hybridized carbons (Fsp3) is 1.00. The van der Waals surface area contributed by atoms with Crippen molar-refractivity contribution in [1.82, 2.24) is 10.2 Å². The van der Waals surface area contributed by atoms with Crippen LogP contribution in [0.25, 0.3) is 0 Å². The van der Waals surface area contributed by atoms with Gasteiger partial charge in [0.2, 0.25) is 0 Å². The number of rotatable bonds is 5. The van der Waals surface area contributed by atoms with Gasteiger partial charge in [-0.25, -0.2) is 0 Å². The highest BCUT2D eigenvalue weighted by Gasteiger charge is 2.30. The second kappa shape index (κ2) is 6.85. The van der Waals surface area contributed by atoms with Gasteiger partial charge in [-0.15, -0.1) is 0 Å². The number of likely N-dealkylation sites (N-methyl/N-ethyl adjacent to an activating group) is 1. The highest BCUT2D eigenvalue weighted by atomic mass is 16.5. The molecule has 18 heavy (non-hydrogen) atoms. The molecule has 2 rings (SSSR count). The van der Waals surface area contributed by atoms with Gasteiger partial charge < -0.3 is 14.8 Å². The number of morpholine rings is 1. The van der Waals surface area contributed by atoms with Crippen LogP contribution in [0.3, 0.4) is 0 Å². The molecule has 0 aromatic carbocycles. The summed E-state index contributed by atoms with van der Waals surface area (Å²) in [5.41, 5.74) is 0. The van der Waals surface area contributed by atoms with Gasteiger partial charge in [-0.1, -0.05) is 6.92 Å². The summed E-state index contributed by atoms with van der Waals surface area (Å²) in [6, 6.07) is 0.526. The summed E-state index contributed by atoms with van der Waals surface area (Å²) in [7, 11) is 0. The molecule has 4 atom stereocenters. The molecule has 0 radical (unpaired) electrons. The molecule has 4 nitrogen and oxygen atoms in total. The molecule has 4 heteroatoms. The zero-order valence-electron chi connectivity index (χ0n) is 12.0. The van der Waals surface area contributed by atoms with E-state index in [1.165, 1.54) is 12.8 Å². The van der Waals surface area contributed by atoms with Gasteiger partial charge in [-0.05, 0) is 33.2 Å². The van der Waals surface area contributed by atoms with Gasteiger partial charge in [0, 0.05) is 25.7 Å². The Labute approximate surface area is 111 Å². The molecule has 1 N–H and O–H groups in total. The van der Waals surface area contributed by atoms with Gasteiger partial charge in [0.25, 0.3) is 0 Å². The van der Waals surface area contributed by atoms with Crippen LogP contribution in [0.5, 0.6) is 0 Å². The lowest BCUT2D eigenvalue weighted by Crippen LogP contribution is -2.50. The Balaban J connectivity index is 1.73. The topological polar surface area (TPSA) is 33.7 Å². The lowest BCUT2D eigenvalue weighted by atomic mass is 10.1. The molecule has 0 aromatic rings. The van der Waals surface area contributed by atoms with E-state index in [-0.39, 0.29) is 0 Å². The Morgan fingerprint density at radius 1 is 1.22 bits per heavy atom. The molecule has 0 aromatic heterocycles. The average Bonchev–Trinajstić information content (AvgIpc) is 2.79. The molecule has 106 valence electrons. The van der Waals surface area contributed by atoms with E-state index in [2.05, 4.69) is 31.0 Å². The molecule has 0 spiro atoms. The maximum atomic E-state index is 6.10. The normalized spacial score (nSPS) is 38.2. The lowest BCUT2D eigenvalue weighted by molar-refractivity contribution is -0.0690. The molecule has 4 unspecified atom stereocenters. The van der Waals surface area contributed by atoms with Gasteiger partial charge in [-0.3, -0.25) is 4.90 Å². The fourth-order valence-electron chi connectivity index (χ4n) is 2.86. The van der Waals surface area contributed by atoms with E-state index >= 15 is 0 Å². The van der Waals surface area contributed by atoms with Crippen LogP contribution < -0.4 is 5.32 Å². The zero-order chi connectivity index (χ0) is 13.0. The largest absolute Gasteiger partial charge is 0.376 e. The monoisotopic (exact) mass is 256 g/mol. The van der Waals surface area contributed by atoms with E-state index in [4.69, 9.17) is 9.47 Å². The first kappa shape index (κ1) is 14.3. The van der Waals surface area contributed by atoms with E-state index in [0.29, 0.717) is 24.4 Å². The van der Waals surface area contributed by atoms with E-state index in [9.17, 15) is 0 Å². The van der Waals surface area contributed by atoms with Crippen LogP contribution >= 0.6 is 0 Å². The minimum Gasteiger partial charge on any atom is -0.376 e. The first-order chi connectivity index (χ1) is 8.69. The van der Waals surface area contributed by atoms with Crippen molar-refractivity contribution in [3.8, 4) is 0 Å². The van der Waals surface area contributed by atoms with Crippen LogP contribution in [0.15, 0.2) is 0 Å². The van der Waals surface area contributed by atoms with E-state index < -0.39 is 0 Å². The predicted molar refractivity (Wildman–Crippen MR) is 72.9 cm³/mol. The third-order valence-electron chi connectivity index (χ3n) is 3.99. The van der Waals surface area contributed by atoms with Crippen LogP contribution in [0.4, 0.5) is 0 Å².